The summed E-state index contributed by atoms with van der Waals surface area (Å²) < 4.78 is 2.31. The SMILES string of the molecule is Cn1ccnc1CC(CSC(C)(C)C)NN. The average molecular weight is 242 g/mol. The smallest absolute Gasteiger partial charge is 0.110 e. The maximum atomic E-state index is 5.57. The number of nitrogens with zero attached hydrogens (tertiary/aromatic N) is 2. The highest BCUT2D eigenvalue weighted by atomic mass is 32.2. The van der Waals surface area contributed by atoms with E-state index in [1.54, 1.807) is 0 Å². The van der Waals surface area contributed by atoms with Gasteiger partial charge in [-0.05, 0) is 0 Å². The van der Waals surface area contributed by atoms with Gasteiger partial charge in [-0.1, -0.05) is 20.8 Å². The molecule has 0 fully saturated rings. The zero-order valence-electron chi connectivity index (χ0n) is 10.5. The molecule has 92 valence electrons. The largest absolute Gasteiger partial charge is 0.338 e. The average Bonchev–Trinajstić information content (AvgIpc) is 2.57. The molecule has 4 nitrogen and oxygen atoms in total. The molecule has 0 bridgehead atoms. The van der Waals surface area contributed by atoms with Crippen LogP contribution in [0.25, 0.3) is 0 Å². The molecule has 1 heterocycles. The molecule has 1 rings (SSSR count). The summed E-state index contributed by atoms with van der Waals surface area (Å²) in [6.45, 7) is 6.64. The molecule has 1 atom stereocenters. The van der Waals surface area contributed by atoms with Gasteiger partial charge in [0, 0.05) is 42.4 Å². The number of nitrogens with one attached hydrogen (secondary N) is 1. The van der Waals surface area contributed by atoms with Gasteiger partial charge in [-0.15, -0.1) is 0 Å². The van der Waals surface area contributed by atoms with Crippen LogP contribution in [0.3, 0.4) is 0 Å². The Labute approximate surface area is 102 Å². The second-order valence-corrected chi connectivity index (χ2v) is 6.79. The van der Waals surface area contributed by atoms with Crippen LogP contribution in [-0.2, 0) is 13.5 Å². The van der Waals surface area contributed by atoms with Crippen molar-refractivity contribution in [2.75, 3.05) is 5.75 Å². The second kappa shape index (κ2) is 5.70. The molecule has 3 N–H and O–H groups in total. The van der Waals surface area contributed by atoms with Crippen molar-refractivity contribution >= 4 is 11.8 Å². The van der Waals surface area contributed by atoms with Gasteiger partial charge in [-0.2, -0.15) is 11.8 Å². The molecule has 0 aliphatic heterocycles. The fourth-order valence-electron chi connectivity index (χ4n) is 1.33. The van der Waals surface area contributed by atoms with Gasteiger partial charge in [0.2, 0.25) is 0 Å². The lowest BCUT2D eigenvalue weighted by atomic mass is 10.2. The highest BCUT2D eigenvalue weighted by Crippen LogP contribution is 2.24. The zero-order chi connectivity index (χ0) is 12.2. The van der Waals surface area contributed by atoms with Crippen LogP contribution in [0.15, 0.2) is 12.4 Å². The van der Waals surface area contributed by atoms with Crippen LogP contribution in [0.2, 0.25) is 0 Å². The lowest BCUT2D eigenvalue weighted by Crippen LogP contribution is -2.40. The normalized spacial score (nSPS) is 14.1. The molecule has 0 spiro atoms. The number of rotatable bonds is 5. The molecule has 0 saturated carbocycles. The monoisotopic (exact) mass is 242 g/mol. The summed E-state index contributed by atoms with van der Waals surface area (Å²) in [4.78, 5) is 4.31. The molecule has 0 aliphatic rings. The first-order valence-electron chi connectivity index (χ1n) is 5.48. The van der Waals surface area contributed by atoms with E-state index in [9.17, 15) is 0 Å². The first-order chi connectivity index (χ1) is 7.42. The summed E-state index contributed by atoms with van der Waals surface area (Å²) >= 11 is 1.91. The molecule has 1 unspecified atom stereocenters. The van der Waals surface area contributed by atoms with Gasteiger partial charge in [0.1, 0.15) is 5.82 Å². The van der Waals surface area contributed by atoms with E-state index >= 15 is 0 Å². The third-order valence-electron chi connectivity index (χ3n) is 2.30. The van der Waals surface area contributed by atoms with Crippen molar-refractivity contribution in [3.63, 3.8) is 0 Å². The molecule has 0 amide bonds. The van der Waals surface area contributed by atoms with Crippen molar-refractivity contribution in [3.8, 4) is 0 Å². The Kier molecular flexibility index (Phi) is 4.83. The number of thioether (sulfide) groups is 1. The third kappa shape index (κ3) is 4.55. The summed E-state index contributed by atoms with van der Waals surface area (Å²) in [7, 11) is 2.01. The van der Waals surface area contributed by atoms with E-state index in [0.29, 0.717) is 0 Å². The molecule has 5 heteroatoms. The molecule has 16 heavy (non-hydrogen) atoms. The standard InChI is InChI=1S/C11H22N4S/c1-11(2,3)16-8-9(14-12)7-10-13-5-6-15(10)4/h5-6,9,14H,7-8,12H2,1-4H3. The van der Waals surface area contributed by atoms with Crippen LogP contribution in [0.1, 0.15) is 26.6 Å². The van der Waals surface area contributed by atoms with Crippen LogP contribution >= 0.6 is 11.8 Å². The Morgan fingerprint density at radius 2 is 2.25 bits per heavy atom. The van der Waals surface area contributed by atoms with E-state index in [0.717, 1.165) is 18.0 Å². The van der Waals surface area contributed by atoms with Gasteiger partial charge in [0.05, 0.1) is 0 Å². The Bertz CT molecular complexity index is 316. The Balaban J connectivity index is 2.47. The lowest BCUT2D eigenvalue weighted by molar-refractivity contribution is 0.550. The number of aromatic nitrogens is 2. The van der Waals surface area contributed by atoms with Gasteiger partial charge in [0.25, 0.3) is 0 Å². The Morgan fingerprint density at radius 3 is 2.69 bits per heavy atom. The third-order valence-corrected chi connectivity index (χ3v) is 3.74. The van der Waals surface area contributed by atoms with Gasteiger partial charge in [-0.3, -0.25) is 11.3 Å². The number of aryl methyl sites for hydroxylation is 1. The van der Waals surface area contributed by atoms with Crippen LogP contribution in [0.5, 0.6) is 0 Å². The highest BCUT2D eigenvalue weighted by molar-refractivity contribution is 8.00. The summed E-state index contributed by atoms with van der Waals surface area (Å²) in [6, 6.07) is 0.269. The van der Waals surface area contributed by atoms with E-state index in [1.165, 1.54) is 0 Å². The molecular weight excluding hydrogens is 220 g/mol. The lowest BCUT2D eigenvalue weighted by Gasteiger charge is -2.22. The van der Waals surface area contributed by atoms with Crippen molar-refractivity contribution in [2.45, 2.75) is 38.0 Å². The van der Waals surface area contributed by atoms with Crippen LogP contribution in [-0.4, -0.2) is 26.1 Å². The summed E-state index contributed by atoms with van der Waals surface area (Å²) in [5.41, 5.74) is 2.87. The van der Waals surface area contributed by atoms with Crippen molar-refractivity contribution in [2.24, 2.45) is 12.9 Å². The number of imidazole rings is 1. The predicted octanol–water partition coefficient (Wildman–Crippen LogP) is 1.33. The van der Waals surface area contributed by atoms with E-state index in [-0.39, 0.29) is 10.8 Å². The number of hydrogen-bond donors (Lipinski definition) is 2. The predicted molar refractivity (Wildman–Crippen MR) is 70.2 cm³/mol. The van der Waals surface area contributed by atoms with E-state index in [1.807, 2.05) is 35.8 Å². The first kappa shape index (κ1) is 13.5. The summed E-state index contributed by atoms with van der Waals surface area (Å²) in [5, 5.41) is 0. The van der Waals surface area contributed by atoms with Crippen molar-refractivity contribution in [1.82, 2.24) is 15.0 Å². The molecular formula is C11H22N4S. The fourth-order valence-corrected chi connectivity index (χ4v) is 2.25. The molecule has 1 aromatic rings. The number of hydrogen-bond acceptors (Lipinski definition) is 4. The number of nitrogens with two attached hydrogens (primary N) is 1. The quantitative estimate of drug-likeness (QED) is 0.604. The maximum Gasteiger partial charge on any atom is 0.110 e. The highest BCUT2D eigenvalue weighted by Gasteiger charge is 2.16. The zero-order valence-corrected chi connectivity index (χ0v) is 11.3. The van der Waals surface area contributed by atoms with Gasteiger partial charge in [-0.25, -0.2) is 4.98 Å². The minimum atomic E-state index is 0.269. The minimum absolute atomic E-state index is 0.269. The van der Waals surface area contributed by atoms with Crippen molar-refractivity contribution in [1.29, 1.82) is 0 Å². The second-order valence-electron chi connectivity index (χ2n) is 4.95. The van der Waals surface area contributed by atoms with Crippen LogP contribution in [0.4, 0.5) is 0 Å². The van der Waals surface area contributed by atoms with Gasteiger partial charge < -0.3 is 4.57 Å². The van der Waals surface area contributed by atoms with Crippen molar-refractivity contribution < 1.29 is 0 Å². The molecule has 0 radical (unpaired) electrons. The number of hydrazine groups is 1. The van der Waals surface area contributed by atoms with Gasteiger partial charge >= 0.3 is 0 Å². The van der Waals surface area contributed by atoms with Crippen LogP contribution in [0, 0.1) is 0 Å². The summed E-state index contributed by atoms with van der Waals surface area (Å²) in [6.07, 6.45) is 4.64. The molecule has 0 saturated heterocycles. The molecule has 1 aromatic heterocycles. The fraction of sp³-hybridized carbons (Fsp3) is 0.727. The van der Waals surface area contributed by atoms with E-state index in [2.05, 4.69) is 31.2 Å². The summed E-state index contributed by atoms with van der Waals surface area (Å²) in [5.74, 6) is 7.63. The molecule has 0 aliphatic carbocycles. The Hall–Kier alpha value is -0.520. The minimum Gasteiger partial charge on any atom is -0.338 e. The Morgan fingerprint density at radius 1 is 1.56 bits per heavy atom. The molecule has 0 aromatic carbocycles. The van der Waals surface area contributed by atoms with E-state index < -0.39 is 0 Å². The van der Waals surface area contributed by atoms with E-state index in [4.69, 9.17) is 5.84 Å². The van der Waals surface area contributed by atoms with Gasteiger partial charge in [0.15, 0.2) is 0 Å². The topological polar surface area (TPSA) is 55.9 Å². The first-order valence-corrected chi connectivity index (χ1v) is 6.47. The van der Waals surface area contributed by atoms with Crippen molar-refractivity contribution in [3.05, 3.63) is 18.2 Å². The maximum absolute atomic E-state index is 5.57. The van der Waals surface area contributed by atoms with Crippen LogP contribution < -0.4 is 11.3 Å².